The lowest BCUT2D eigenvalue weighted by molar-refractivity contribution is 0.630. The minimum Gasteiger partial charge on any atom is -0.308 e. The second-order valence-electron chi connectivity index (χ2n) is 16.2. The third-order valence-corrected chi connectivity index (χ3v) is 15.3. The Balaban J connectivity index is 1.32. The molecule has 0 aliphatic rings. The predicted molar refractivity (Wildman–Crippen MR) is 261 cm³/mol. The highest BCUT2D eigenvalue weighted by Crippen LogP contribution is 2.52. The van der Waals surface area contributed by atoms with Crippen LogP contribution in [0.1, 0.15) is 11.1 Å². The first-order valence-electron chi connectivity index (χ1n) is 20.8. The summed E-state index contributed by atoms with van der Waals surface area (Å²) in [4.78, 5) is 0. The summed E-state index contributed by atoms with van der Waals surface area (Å²) in [6.07, 6.45) is 0. The Labute approximate surface area is 362 Å². The molecule has 0 saturated carbocycles. The Morgan fingerprint density at radius 2 is 0.742 bits per heavy atom. The topological polar surface area (TPSA) is 9.86 Å². The van der Waals surface area contributed by atoms with Crippen molar-refractivity contribution in [3.05, 3.63) is 193 Å². The van der Waals surface area contributed by atoms with Crippen molar-refractivity contribution in [1.82, 2.24) is 9.13 Å². The molecule has 0 atom stereocenters. The highest BCUT2D eigenvalue weighted by atomic mass is 32.1. The van der Waals surface area contributed by atoms with Crippen molar-refractivity contribution in [1.29, 1.82) is 0 Å². The number of aromatic nitrogens is 2. The molecule has 0 N–H and O–H groups in total. The number of hydrogen-bond acceptors (Lipinski definition) is 2. The molecular weight excluding hydrogens is 803 g/mol. The molecule has 294 valence electrons. The molecule has 0 aliphatic heterocycles. The van der Waals surface area contributed by atoms with Crippen LogP contribution < -0.4 is 0 Å². The van der Waals surface area contributed by atoms with Crippen LogP contribution >= 0.6 is 22.7 Å². The van der Waals surface area contributed by atoms with Gasteiger partial charge in [0.15, 0.2) is 0 Å². The van der Waals surface area contributed by atoms with Gasteiger partial charge in [0.05, 0.1) is 33.4 Å². The maximum Gasteiger partial charge on any atom is 0.131 e. The Morgan fingerprint density at radius 3 is 1.21 bits per heavy atom. The molecule has 0 bridgehead atoms. The molecule has 0 aliphatic carbocycles. The summed E-state index contributed by atoms with van der Waals surface area (Å²) < 4.78 is 43.6. The van der Waals surface area contributed by atoms with Crippen molar-refractivity contribution in [3.8, 4) is 33.6 Å². The monoisotopic (exact) mass is 836 g/mol. The molecule has 0 fully saturated rings. The molecule has 6 heteroatoms. The molecule has 4 aromatic heterocycles. The largest absolute Gasteiger partial charge is 0.308 e. The average molecular weight is 837 g/mol. The van der Waals surface area contributed by atoms with Crippen LogP contribution in [-0.2, 0) is 0 Å². The quantitative estimate of drug-likeness (QED) is 0.167. The number of para-hydroxylation sites is 2. The molecule has 13 rings (SSSR count). The van der Waals surface area contributed by atoms with Gasteiger partial charge in [-0.05, 0) is 73.5 Å². The molecule has 0 unspecified atom stereocenters. The molecule has 2 nitrogen and oxygen atoms in total. The van der Waals surface area contributed by atoms with Crippen molar-refractivity contribution in [2.75, 3.05) is 0 Å². The van der Waals surface area contributed by atoms with Gasteiger partial charge in [0.25, 0.3) is 0 Å². The highest BCUT2D eigenvalue weighted by molar-refractivity contribution is 7.26. The normalized spacial score (nSPS) is 12.2. The van der Waals surface area contributed by atoms with Crippen LogP contribution in [0.3, 0.4) is 0 Å². The summed E-state index contributed by atoms with van der Waals surface area (Å²) in [7, 11) is 0. The Bertz CT molecular complexity index is 3980. The first kappa shape index (κ1) is 35.6. The van der Waals surface area contributed by atoms with E-state index in [1.165, 1.54) is 24.9 Å². The molecule has 13 aromatic rings. The lowest BCUT2D eigenvalue weighted by Crippen LogP contribution is -2.11. The van der Waals surface area contributed by atoms with Crippen molar-refractivity contribution >= 4 is 107 Å². The van der Waals surface area contributed by atoms with Gasteiger partial charge in [-0.3, -0.25) is 0 Å². The summed E-state index contributed by atoms with van der Waals surface area (Å²) >= 11 is 3.56. The first-order valence-corrected chi connectivity index (χ1v) is 22.5. The van der Waals surface area contributed by atoms with Gasteiger partial charge in [-0.2, -0.15) is 0 Å². The Kier molecular flexibility index (Phi) is 7.58. The van der Waals surface area contributed by atoms with E-state index in [2.05, 4.69) is 144 Å². The maximum atomic E-state index is 17.1. The van der Waals surface area contributed by atoms with Gasteiger partial charge in [0.1, 0.15) is 11.6 Å². The van der Waals surface area contributed by atoms with Gasteiger partial charge in [-0.25, -0.2) is 8.78 Å². The van der Waals surface area contributed by atoms with Gasteiger partial charge in [-0.1, -0.05) is 121 Å². The average Bonchev–Trinajstić information content (AvgIpc) is 4.05. The van der Waals surface area contributed by atoms with E-state index in [0.717, 1.165) is 92.7 Å². The number of fused-ring (bicyclic) bond motifs is 14. The first-order chi connectivity index (χ1) is 30.5. The van der Waals surface area contributed by atoms with Gasteiger partial charge in [-0.15, -0.1) is 22.7 Å². The van der Waals surface area contributed by atoms with E-state index in [9.17, 15) is 0 Å². The van der Waals surface area contributed by atoms with Crippen LogP contribution in [0, 0.1) is 25.5 Å². The van der Waals surface area contributed by atoms with E-state index in [1.807, 2.05) is 24.3 Å². The standard InChI is InChI=1S/C56H34F2N2S2/c1-31-49(37-17-3-9-21-41(37)57)56(60-44-24-12-6-16-34(44)36-28-30-48-52(55(36)60)40-20-8-14-26-46(40)62-48)50(38-18-4-10-22-42(38)58)32(2)53(31)59-43-23-11-5-15-33(43)35-27-29-47-51(54(35)59)39-19-7-13-25-45(39)61-47/h3-30H,1-2H3. The molecule has 0 spiro atoms. The molecule has 9 aromatic carbocycles. The molecule has 0 saturated heterocycles. The number of hydrogen-bond donors (Lipinski definition) is 0. The van der Waals surface area contributed by atoms with Crippen molar-refractivity contribution < 1.29 is 8.78 Å². The van der Waals surface area contributed by atoms with Crippen LogP contribution in [0.4, 0.5) is 8.78 Å². The van der Waals surface area contributed by atoms with Gasteiger partial charge >= 0.3 is 0 Å². The fraction of sp³-hybridized carbons (Fsp3) is 0.0357. The fourth-order valence-electron chi connectivity index (χ4n) is 10.5. The smallest absolute Gasteiger partial charge is 0.131 e. The zero-order valence-electron chi connectivity index (χ0n) is 33.6. The van der Waals surface area contributed by atoms with Crippen LogP contribution in [0.2, 0.25) is 0 Å². The number of thiophene rings is 2. The van der Waals surface area contributed by atoms with Gasteiger partial charge in [0, 0.05) is 84.1 Å². The molecule has 0 amide bonds. The molecule has 0 radical (unpaired) electrons. The SMILES string of the molecule is Cc1c(-c2ccccc2F)c(-n2c3ccccc3c3ccc4sc5ccccc5c4c32)c(-c2ccccc2F)c(C)c1-n1c2ccccc2c2ccc3sc4ccccc4c3c21. The number of nitrogens with zero attached hydrogens (tertiary/aromatic N) is 2. The molecule has 4 heterocycles. The molecule has 62 heavy (non-hydrogen) atoms. The minimum atomic E-state index is -0.341. The summed E-state index contributed by atoms with van der Waals surface area (Å²) in [6, 6.07) is 57.3. The van der Waals surface area contributed by atoms with Crippen molar-refractivity contribution in [2.24, 2.45) is 0 Å². The van der Waals surface area contributed by atoms with E-state index in [-0.39, 0.29) is 11.6 Å². The second kappa shape index (κ2) is 13.2. The molecular formula is C56H34F2N2S2. The zero-order valence-corrected chi connectivity index (χ0v) is 35.3. The summed E-state index contributed by atoms with van der Waals surface area (Å²) in [5, 5.41) is 9.07. The maximum absolute atomic E-state index is 17.1. The fourth-order valence-corrected chi connectivity index (χ4v) is 12.8. The number of rotatable bonds is 4. The zero-order chi connectivity index (χ0) is 41.4. The van der Waals surface area contributed by atoms with E-state index in [1.54, 1.807) is 46.9 Å². The van der Waals surface area contributed by atoms with E-state index in [4.69, 9.17) is 0 Å². The lowest BCUT2D eigenvalue weighted by Gasteiger charge is -2.28. The Morgan fingerprint density at radius 1 is 0.355 bits per heavy atom. The van der Waals surface area contributed by atoms with Gasteiger partial charge < -0.3 is 9.13 Å². The second-order valence-corrected chi connectivity index (χ2v) is 18.4. The van der Waals surface area contributed by atoms with E-state index in [0.29, 0.717) is 11.1 Å². The van der Waals surface area contributed by atoms with Crippen LogP contribution in [0.15, 0.2) is 170 Å². The van der Waals surface area contributed by atoms with Crippen LogP contribution in [0.25, 0.3) is 118 Å². The summed E-state index contributed by atoms with van der Waals surface area (Å²) in [6.45, 7) is 4.27. The Hall–Kier alpha value is -7.12. The number of benzene rings is 9. The van der Waals surface area contributed by atoms with Crippen LogP contribution in [0.5, 0.6) is 0 Å². The summed E-state index contributed by atoms with van der Waals surface area (Å²) in [5.74, 6) is -0.682. The number of halogens is 2. The lowest BCUT2D eigenvalue weighted by atomic mass is 9.86. The minimum absolute atomic E-state index is 0.341. The van der Waals surface area contributed by atoms with Gasteiger partial charge in [0.2, 0.25) is 0 Å². The highest BCUT2D eigenvalue weighted by Gasteiger charge is 2.31. The van der Waals surface area contributed by atoms with Crippen LogP contribution in [-0.4, -0.2) is 9.13 Å². The third kappa shape index (κ3) is 4.76. The van der Waals surface area contributed by atoms with Crippen molar-refractivity contribution in [3.63, 3.8) is 0 Å². The van der Waals surface area contributed by atoms with Crippen molar-refractivity contribution in [2.45, 2.75) is 13.8 Å². The van der Waals surface area contributed by atoms with E-state index < -0.39 is 0 Å². The summed E-state index contributed by atoms with van der Waals surface area (Å²) in [5.41, 5.74) is 9.91. The predicted octanol–water partition coefficient (Wildman–Crippen LogP) is 16.8. The van der Waals surface area contributed by atoms with E-state index >= 15 is 8.78 Å². The third-order valence-electron chi connectivity index (χ3n) is 13.0.